The maximum atomic E-state index is 12.4. The summed E-state index contributed by atoms with van der Waals surface area (Å²) >= 11 is 1.91. The minimum absolute atomic E-state index is 0.130. The summed E-state index contributed by atoms with van der Waals surface area (Å²) in [5.41, 5.74) is -0.296. The molecule has 0 radical (unpaired) electrons. The summed E-state index contributed by atoms with van der Waals surface area (Å²) in [5, 5.41) is 8.84. The average Bonchev–Trinajstić information content (AvgIpc) is 2.16. The van der Waals surface area contributed by atoms with E-state index < -0.39 is 18.7 Å². The van der Waals surface area contributed by atoms with Gasteiger partial charge in [0.2, 0.25) is 5.88 Å². The maximum Gasteiger partial charge on any atom is 0.280 e. The van der Waals surface area contributed by atoms with Crippen LogP contribution in [0.2, 0.25) is 0 Å². The molecule has 3 nitrogen and oxygen atoms in total. The minimum atomic E-state index is -2.71. The highest BCUT2D eigenvalue weighted by molar-refractivity contribution is 14.1. The Morgan fingerprint density at radius 2 is 2.29 bits per heavy atom. The van der Waals surface area contributed by atoms with Gasteiger partial charge in [0.15, 0.2) is 0 Å². The van der Waals surface area contributed by atoms with Crippen LogP contribution in [0.25, 0.3) is 0 Å². The fraction of sp³-hybridized carbons (Fsp3) is 0.375. The molecule has 0 unspecified atom stereocenters. The van der Waals surface area contributed by atoms with Crippen molar-refractivity contribution in [3.63, 3.8) is 0 Å². The molecule has 14 heavy (non-hydrogen) atoms. The average molecular weight is 315 g/mol. The Kier molecular flexibility index (Phi) is 3.99. The number of aliphatic hydroxyl groups excluding tert-OH is 1. The summed E-state index contributed by atoms with van der Waals surface area (Å²) in [6, 6.07) is 1.44. The van der Waals surface area contributed by atoms with Gasteiger partial charge >= 0.3 is 0 Å². The number of rotatable bonds is 3. The topological polar surface area (TPSA) is 42.4 Å². The first-order chi connectivity index (χ1) is 6.60. The SMILES string of the molecule is COc1nc(C(F)F)c(CO)cc1I. The fourth-order valence-corrected chi connectivity index (χ4v) is 1.70. The van der Waals surface area contributed by atoms with E-state index in [0.717, 1.165) is 0 Å². The number of hydrogen-bond donors (Lipinski definition) is 1. The van der Waals surface area contributed by atoms with Crippen LogP contribution in [0, 0.1) is 3.57 Å². The van der Waals surface area contributed by atoms with E-state index in [1.165, 1.54) is 13.2 Å². The van der Waals surface area contributed by atoms with Crippen LogP contribution in [0.4, 0.5) is 8.78 Å². The van der Waals surface area contributed by atoms with E-state index in [1.54, 1.807) is 0 Å². The number of methoxy groups -OCH3 is 1. The lowest BCUT2D eigenvalue weighted by molar-refractivity contribution is 0.140. The van der Waals surface area contributed by atoms with Crippen molar-refractivity contribution in [3.05, 3.63) is 20.9 Å². The lowest BCUT2D eigenvalue weighted by atomic mass is 10.2. The molecule has 1 N–H and O–H groups in total. The zero-order chi connectivity index (χ0) is 10.7. The van der Waals surface area contributed by atoms with Gasteiger partial charge in [0.05, 0.1) is 17.3 Å². The van der Waals surface area contributed by atoms with Gasteiger partial charge < -0.3 is 9.84 Å². The Bertz CT molecular complexity index is 333. The summed E-state index contributed by atoms with van der Waals surface area (Å²) in [4.78, 5) is 3.62. The molecule has 0 aliphatic carbocycles. The molecule has 0 atom stereocenters. The second-order valence-corrected chi connectivity index (χ2v) is 3.64. The van der Waals surface area contributed by atoms with E-state index in [4.69, 9.17) is 9.84 Å². The van der Waals surface area contributed by atoms with E-state index in [2.05, 4.69) is 4.98 Å². The van der Waals surface area contributed by atoms with Gasteiger partial charge in [0.25, 0.3) is 6.43 Å². The van der Waals surface area contributed by atoms with Crippen LogP contribution in [0.3, 0.4) is 0 Å². The maximum absolute atomic E-state index is 12.4. The molecule has 1 rings (SSSR count). The minimum Gasteiger partial charge on any atom is -0.480 e. The molecule has 6 heteroatoms. The van der Waals surface area contributed by atoms with Crippen molar-refractivity contribution in [1.29, 1.82) is 0 Å². The van der Waals surface area contributed by atoms with E-state index in [9.17, 15) is 8.78 Å². The van der Waals surface area contributed by atoms with Gasteiger partial charge in [-0.05, 0) is 28.7 Å². The lowest BCUT2D eigenvalue weighted by Gasteiger charge is -2.09. The summed E-state index contributed by atoms with van der Waals surface area (Å²) in [6.07, 6.45) is -2.71. The Labute approximate surface area is 93.2 Å². The van der Waals surface area contributed by atoms with Gasteiger partial charge in [0, 0.05) is 5.56 Å². The Morgan fingerprint density at radius 1 is 1.64 bits per heavy atom. The second kappa shape index (κ2) is 4.83. The molecule has 0 aliphatic rings. The van der Waals surface area contributed by atoms with Gasteiger partial charge in [-0.1, -0.05) is 0 Å². The number of alkyl halides is 2. The van der Waals surface area contributed by atoms with Crippen LogP contribution >= 0.6 is 22.6 Å². The molecule has 0 aliphatic heterocycles. The van der Waals surface area contributed by atoms with Crippen molar-refractivity contribution in [2.45, 2.75) is 13.0 Å². The van der Waals surface area contributed by atoms with Gasteiger partial charge in [-0.3, -0.25) is 0 Å². The number of nitrogens with zero attached hydrogens (tertiary/aromatic N) is 1. The number of halogens is 3. The third-order valence-electron chi connectivity index (χ3n) is 1.63. The molecule has 0 saturated heterocycles. The second-order valence-electron chi connectivity index (χ2n) is 2.48. The normalized spacial score (nSPS) is 10.7. The third-order valence-corrected chi connectivity index (χ3v) is 2.40. The van der Waals surface area contributed by atoms with Crippen LogP contribution in [-0.2, 0) is 6.61 Å². The Balaban J connectivity index is 3.25. The van der Waals surface area contributed by atoms with Crippen LogP contribution in [0.15, 0.2) is 6.07 Å². The summed E-state index contributed by atoms with van der Waals surface area (Å²) < 4.78 is 30.3. The smallest absolute Gasteiger partial charge is 0.280 e. The van der Waals surface area contributed by atoms with Crippen molar-refractivity contribution in [1.82, 2.24) is 4.98 Å². The molecule has 0 aromatic carbocycles. The number of hydrogen-bond acceptors (Lipinski definition) is 3. The van der Waals surface area contributed by atoms with Crippen LogP contribution in [0.5, 0.6) is 5.88 Å². The lowest BCUT2D eigenvalue weighted by Crippen LogP contribution is -2.02. The molecule has 0 fully saturated rings. The molecular weight excluding hydrogens is 307 g/mol. The quantitative estimate of drug-likeness (QED) is 0.869. The fourth-order valence-electron chi connectivity index (χ4n) is 0.982. The summed E-state index contributed by atoms with van der Waals surface area (Å²) in [6.45, 7) is -0.452. The molecule has 1 heterocycles. The van der Waals surface area contributed by atoms with Crippen molar-refractivity contribution in [2.75, 3.05) is 7.11 Å². The molecule has 78 valence electrons. The predicted octanol–water partition coefficient (Wildman–Crippen LogP) is 2.12. The molecule has 0 saturated carbocycles. The van der Waals surface area contributed by atoms with Crippen LogP contribution < -0.4 is 4.74 Å². The number of aromatic nitrogens is 1. The molecule has 0 bridgehead atoms. The monoisotopic (exact) mass is 315 g/mol. The zero-order valence-corrected chi connectivity index (χ0v) is 9.46. The van der Waals surface area contributed by atoms with Gasteiger partial charge in [-0.2, -0.15) is 0 Å². The molecular formula is C8H8F2INO2. The highest BCUT2D eigenvalue weighted by Crippen LogP contribution is 2.27. The van der Waals surface area contributed by atoms with Crippen LogP contribution in [-0.4, -0.2) is 17.2 Å². The Hall–Kier alpha value is -0.500. The highest BCUT2D eigenvalue weighted by Gasteiger charge is 2.17. The highest BCUT2D eigenvalue weighted by atomic mass is 127. The summed E-state index contributed by atoms with van der Waals surface area (Å²) in [5.74, 6) is 0.151. The number of aliphatic hydroxyl groups is 1. The van der Waals surface area contributed by atoms with E-state index in [-0.39, 0.29) is 11.4 Å². The predicted molar refractivity (Wildman–Crippen MR) is 54.4 cm³/mol. The largest absolute Gasteiger partial charge is 0.480 e. The standard InChI is InChI=1S/C8H8F2INO2/c1-14-8-5(11)2-4(3-13)6(12-8)7(9)10/h2,7,13H,3H2,1H3. The molecule has 0 spiro atoms. The molecule has 1 aromatic heterocycles. The third kappa shape index (κ3) is 2.30. The van der Waals surface area contributed by atoms with Gasteiger partial charge in [-0.15, -0.1) is 0 Å². The van der Waals surface area contributed by atoms with Crippen molar-refractivity contribution in [3.8, 4) is 5.88 Å². The number of pyridine rings is 1. The zero-order valence-electron chi connectivity index (χ0n) is 7.30. The first-order valence-corrected chi connectivity index (χ1v) is 4.80. The first-order valence-electron chi connectivity index (χ1n) is 3.72. The van der Waals surface area contributed by atoms with E-state index >= 15 is 0 Å². The van der Waals surface area contributed by atoms with Crippen molar-refractivity contribution in [2.24, 2.45) is 0 Å². The molecule has 1 aromatic rings. The van der Waals surface area contributed by atoms with Gasteiger partial charge in [-0.25, -0.2) is 13.8 Å². The van der Waals surface area contributed by atoms with Crippen LogP contribution in [0.1, 0.15) is 17.7 Å². The summed E-state index contributed by atoms with van der Waals surface area (Å²) in [7, 11) is 1.36. The molecule has 0 amide bonds. The Morgan fingerprint density at radius 3 is 2.71 bits per heavy atom. The first kappa shape index (κ1) is 11.6. The van der Waals surface area contributed by atoms with Crippen molar-refractivity contribution < 1.29 is 18.6 Å². The van der Waals surface area contributed by atoms with E-state index in [0.29, 0.717) is 3.57 Å². The number of ether oxygens (including phenoxy) is 1. The van der Waals surface area contributed by atoms with E-state index in [1.807, 2.05) is 22.6 Å². The van der Waals surface area contributed by atoms with Gasteiger partial charge in [0.1, 0.15) is 5.69 Å². The van der Waals surface area contributed by atoms with Crippen molar-refractivity contribution >= 4 is 22.6 Å².